The molecule has 21 heavy (non-hydrogen) atoms. The summed E-state index contributed by atoms with van der Waals surface area (Å²) >= 11 is 0. The van der Waals surface area contributed by atoms with Gasteiger partial charge in [-0.25, -0.2) is 0 Å². The van der Waals surface area contributed by atoms with E-state index >= 15 is 0 Å². The lowest BCUT2D eigenvalue weighted by atomic mass is 9.83. The number of ether oxygens (including phenoxy) is 1. The molecule has 1 saturated carbocycles. The van der Waals surface area contributed by atoms with Crippen LogP contribution in [0.15, 0.2) is 0 Å². The second-order valence-electron chi connectivity index (χ2n) is 6.45. The molecule has 0 bridgehead atoms. The lowest BCUT2D eigenvalue weighted by molar-refractivity contribution is -0.163. The molecule has 0 aromatic heterocycles. The van der Waals surface area contributed by atoms with Crippen LogP contribution in [0, 0.1) is 0 Å². The van der Waals surface area contributed by atoms with E-state index in [1.165, 1.54) is 0 Å². The smallest absolute Gasteiger partial charge is 0.249 e. The molecule has 2 amide bonds. The Bertz CT molecular complexity index is 404. The zero-order valence-electron chi connectivity index (χ0n) is 13.5. The Balaban J connectivity index is 2.19. The maximum absolute atomic E-state index is 12.9. The van der Waals surface area contributed by atoms with E-state index in [4.69, 9.17) is 4.74 Å². The average molecular weight is 296 g/mol. The van der Waals surface area contributed by atoms with Crippen LogP contribution >= 0.6 is 0 Å². The Hall–Kier alpha value is -1.10. The van der Waals surface area contributed by atoms with Gasteiger partial charge in [-0.2, -0.15) is 0 Å². The predicted molar refractivity (Wildman–Crippen MR) is 80.9 cm³/mol. The summed E-state index contributed by atoms with van der Waals surface area (Å²) in [6, 6.07) is 0. The van der Waals surface area contributed by atoms with Gasteiger partial charge in [-0.05, 0) is 32.6 Å². The van der Waals surface area contributed by atoms with E-state index in [1.807, 2.05) is 18.7 Å². The molecule has 5 heteroatoms. The molecule has 0 radical (unpaired) electrons. The highest BCUT2D eigenvalue weighted by molar-refractivity contribution is 6.02. The van der Waals surface area contributed by atoms with E-state index in [2.05, 4.69) is 12.2 Å². The van der Waals surface area contributed by atoms with Gasteiger partial charge < -0.3 is 15.0 Å². The molecular weight excluding hydrogens is 268 g/mol. The van der Waals surface area contributed by atoms with Gasteiger partial charge in [0.25, 0.3) is 0 Å². The first-order valence-electron chi connectivity index (χ1n) is 8.22. The number of hydrogen-bond donors (Lipinski definition) is 1. The fraction of sp³-hybridized carbons (Fsp3) is 0.875. The third kappa shape index (κ3) is 2.80. The van der Waals surface area contributed by atoms with Crippen LogP contribution in [0.4, 0.5) is 0 Å². The summed E-state index contributed by atoms with van der Waals surface area (Å²) in [5, 5.41) is 2.99. The number of carbonyl (C=O) groups excluding carboxylic acids is 2. The first-order valence-corrected chi connectivity index (χ1v) is 8.22. The quantitative estimate of drug-likeness (QED) is 0.761. The molecule has 0 aromatic rings. The lowest BCUT2D eigenvalue weighted by Crippen LogP contribution is -2.74. The summed E-state index contributed by atoms with van der Waals surface area (Å²) in [5.41, 5.74) is -1.39. The van der Waals surface area contributed by atoms with E-state index < -0.39 is 11.1 Å². The molecule has 1 saturated heterocycles. The van der Waals surface area contributed by atoms with Crippen molar-refractivity contribution in [3.05, 3.63) is 0 Å². The molecule has 2 aliphatic rings. The average Bonchev–Trinajstić information content (AvgIpc) is 2.95. The zero-order chi connectivity index (χ0) is 15.5. The van der Waals surface area contributed by atoms with E-state index in [0.29, 0.717) is 26.2 Å². The van der Waals surface area contributed by atoms with Gasteiger partial charge in [0, 0.05) is 13.2 Å². The topological polar surface area (TPSA) is 58.6 Å². The predicted octanol–water partition coefficient (Wildman–Crippen LogP) is 1.85. The highest BCUT2D eigenvalue weighted by Crippen LogP contribution is 2.40. The Morgan fingerprint density at radius 2 is 1.86 bits per heavy atom. The first-order chi connectivity index (χ1) is 10.00. The normalized spacial score (nSPS) is 28.2. The standard InChI is InChI=1S/C16H28N2O3/c1-4-11-21-12-10-18-14(20)15(3,5-2)17-13(19)16(18)8-6-7-9-16/h4-12H2,1-3H3,(H,17,19). The van der Waals surface area contributed by atoms with Crippen LogP contribution < -0.4 is 5.32 Å². The summed E-state index contributed by atoms with van der Waals surface area (Å²) in [6.45, 7) is 7.56. The summed E-state index contributed by atoms with van der Waals surface area (Å²) in [6.07, 6.45) is 5.15. The molecule has 1 heterocycles. The molecular formula is C16H28N2O3. The van der Waals surface area contributed by atoms with Crippen molar-refractivity contribution in [2.75, 3.05) is 19.8 Å². The summed E-state index contributed by atoms with van der Waals surface area (Å²) < 4.78 is 5.55. The van der Waals surface area contributed by atoms with Crippen LogP contribution in [-0.4, -0.2) is 47.6 Å². The van der Waals surface area contributed by atoms with Gasteiger partial charge in [-0.3, -0.25) is 9.59 Å². The van der Waals surface area contributed by atoms with Gasteiger partial charge in [0.2, 0.25) is 11.8 Å². The van der Waals surface area contributed by atoms with Crippen LogP contribution in [0.2, 0.25) is 0 Å². The van der Waals surface area contributed by atoms with Gasteiger partial charge in [0.05, 0.1) is 6.61 Å². The van der Waals surface area contributed by atoms with Gasteiger partial charge in [-0.1, -0.05) is 26.7 Å². The number of hydrogen-bond acceptors (Lipinski definition) is 3. The van der Waals surface area contributed by atoms with Gasteiger partial charge in [0.15, 0.2) is 0 Å². The van der Waals surface area contributed by atoms with Crippen molar-refractivity contribution < 1.29 is 14.3 Å². The van der Waals surface area contributed by atoms with Crippen molar-refractivity contribution in [1.29, 1.82) is 0 Å². The molecule has 1 N–H and O–H groups in total. The van der Waals surface area contributed by atoms with Gasteiger partial charge in [-0.15, -0.1) is 0 Å². The molecule has 0 aromatic carbocycles. The highest BCUT2D eigenvalue weighted by Gasteiger charge is 2.56. The minimum Gasteiger partial charge on any atom is -0.380 e. The number of nitrogens with zero attached hydrogens (tertiary/aromatic N) is 1. The van der Waals surface area contributed by atoms with Crippen LogP contribution in [0.3, 0.4) is 0 Å². The minimum absolute atomic E-state index is 0.0273. The second-order valence-corrected chi connectivity index (χ2v) is 6.45. The Morgan fingerprint density at radius 3 is 2.43 bits per heavy atom. The van der Waals surface area contributed by atoms with Gasteiger partial charge in [0.1, 0.15) is 11.1 Å². The van der Waals surface area contributed by atoms with Crippen LogP contribution in [-0.2, 0) is 14.3 Å². The van der Waals surface area contributed by atoms with Crippen LogP contribution in [0.25, 0.3) is 0 Å². The number of amides is 2. The monoisotopic (exact) mass is 296 g/mol. The molecule has 2 fully saturated rings. The third-order valence-corrected chi connectivity index (χ3v) is 4.99. The van der Waals surface area contributed by atoms with E-state index in [9.17, 15) is 9.59 Å². The molecule has 1 unspecified atom stereocenters. The Morgan fingerprint density at radius 1 is 1.19 bits per heavy atom. The third-order valence-electron chi connectivity index (χ3n) is 4.99. The molecule has 1 atom stereocenters. The number of rotatable bonds is 6. The fourth-order valence-electron chi connectivity index (χ4n) is 3.45. The zero-order valence-corrected chi connectivity index (χ0v) is 13.5. The first kappa shape index (κ1) is 16.3. The molecule has 1 aliphatic heterocycles. The molecule has 5 nitrogen and oxygen atoms in total. The maximum Gasteiger partial charge on any atom is 0.249 e. The van der Waals surface area contributed by atoms with Crippen LogP contribution in [0.5, 0.6) is 0 Å². The van der Waals surface area contributed by atoms with E-state index in [0.717, 1.165) is 32.1 Å². The highest BCUT2D eigenvalue weighted by atomic mass is 16.5. The Labute approximate surface area is 127 Å². The minimum atomic E-state index is -0.768. The Kier molecular flexibility index (Phi) is 4.91. The molecule has 2 rings (SSSR count). The van der Waals surface area contributed by atoms with Crippen molar-refractivity contribution in [3.63, 3.8) is 0 Å². The molecule has 1 spiro atoms. The molecule has 1 aliphatic carbocycles. The number of nitrogens with one attached hydrogen (secondary N) is 1. The second kappa shape index (κ2) is 6.34. The fourth-order valence-corrected chi connectivity index (χ4v) is 3.45. The number of carbonyl (C=O) groups is 2. The van der Waals surface area contributed by atoms with Crippen LogP contribution in [0.1, 0.15) is 59.3 Å². The van der Waals surface area contributed by atoms with E-state index in [-0.39, 0.29) is 11.8 Å². The van der Waals surface area contributed by atoms with Crippen molar-refractivity contribution in [3.8, 4) is 0 Å². The summed E-state index contributed by atoms with van der Waals surface area (Å²) in [4.78, 5) is 27.4. The maximum atomic E-state index is 12.9. The van der Waals surface area contributed by atoms with Crippen molar-refractivity contribution in [2.45, 2.75) is 70.4 Å². The number of piperazine rings is 1. The molecule has 120 valence electrons. The largest absolute Gasteiger partial charge is 0.380 e. The van der Waals surface area contributed by atoms with E-state index in [1.54, 1.807) is 0 Å². The van der Waals surface area contributed by atoms with Gasteiger partial charge >= 0.3 is 0 Å². The summed E-state index contributed by atoms with van der Waals surface area (Å²) in [5.74, 6) is 0.0750. The lowest BCUT2D eigenvalue weighted by Gasteiger charge is -2.50. The summed E-state index contributed by atoms with van der Waals surface area (Å²) in [7, 11) is 0. The van der Waals surface area contributed by atoms with Crippen molar-refractivity contribution in [2.24, 2.45) is 0 Å². The SMILES string of the molecule is CCCOCCN1C(=O)C(C)(CC)NC(=O)C12CCCC2. The van der Waals surface area contributed by atoms with Crippen molar-refractivity contribution in [1.82, 2.24) is 10.2 Å². The van der Waals surface area contributed by atoms with Crippen molar-refractivity contribution >= 4 is 11.8 Å².